The predicted molar refractivity (Wildman–Crippen MR) is 48.7 cm³/mol. The Morgan fingerprint density at radius 3 is 2.36 bits per heavy atom. The SMILES string of the molecule is CCC(C)(CC(=O)O)C(=O)OCCO. The Balaban J connectivity index is 4.34. The van der Waals surface area contributed by atoms with E-state index in [1.165, 1.54) is 0 Å². The van der Waals surface area contributed by atoms with Crippen LogP contribution in [0.1, 0.15) is 26.7 Å². The summed E-state index contributed by atoms with van der Waals surface area (Å²) in [5.74, 6) is -1.60. The Hall–Kier alpha value is -1.10. The van der Waals surface area contributed by atoms with Gasteiger partial charge in [0.2, 0.25) is 0 Å². The molecular weight excluding hydrogens is 188 g/mol. The lowest BCUT2D eigenvalue weighted by molar-refractivity contribution is -0.161. The van der Waals surface area contributed by atoms with Crippen molar-refractivity contribution in [1.82, 2.24) is 0 Å². The van der Waals surface area contributed by atoms with Gasteiger partial charge in [-0.05, 0) is 13.3 Å². The second kappa shape index (κ2) is 5.59. The summed E-state index contributed by atoms with van der Waals surface area (Å²) in [7, 11) is 0. The minimum atomic E-state index is -1.03. The molecule has 0 aliphatic carbocycles. The molecule has 0 spiro atoms. The van der Waals surface area contributed by atoms with Crippen molar-refractivity contribution < 1.29 is 24.5 Å². The minimum Gasteiger partial charge on any atom is -0.481 e. The maximum atomic E-state index is 11.4. The highest BCUT2D eigenvalue weighted by molar-refractivity contribution is 5.82. The van der Waals surface area contributed by atoms with Gasteiger partial charge in [0, 0.05) is 0 Å². The Labute approximate surface area is 82.7 Å². The van der Waals surface area contributed by atoms with Gasteiger partial charge in [0.25, 0.3) is 0 Å². The fourth-order valence-corrected chi connectivity index (χ4v) is 0.988. The zero-order valence-corrected chi connectivity index (χ0v) is 8.45. The van der Waals surface area contributed by atoms with Crippen LogP contribution in [0.4, 0.5) is 0 Å². The van der Waals surface area contributed by atoms with Crippen molar-refractivity contribution in [1.29, 1.82) is 0 Å². The van der Waals surface area contributed by atoms with Crippen molar-refractivity contribution in [3.8, 4) is 0 Å². The number of carbonyl (C=O) groups excluding carboxylic acids is 1. The van der Waals surface area contributed by atoms with Crippen LogP contribution in [-0.4, -0.2) is 35.4 Å². The molecule has 82 valence electrons. The molecule has 1 unspecified atom stereocenters. The van der Waals surface area contributed by atoms with Gasteiger partial charge in [0.15, 0.2) is 0 Å². The lowest BCUT2D eigenvalue weighted by Crippen LogP contribution is -2.32. The smallest absolute Gasteiger partial charge is 0.312 e. The summed E-state index contributed by atoms with van der Waals surface area (Å²) in [4.78, 5) is 21.9. The fourth-order valence-electron chi connectivity index (χ4n) is 0.988. The number of carboxylic acids is 1. The molecule has 0 fully saturated rings. The molecule has 0 bridgehead atoms. The first kappa shape index (κ1) is 12.9. The average Bonchev–Trinajstić information content (AvgIpc) is 2.12. The van der Waals surface area contributed by atoms with Crippen molar-refractivity contribution in [3.63, 3.8) is 0 Å². The van der Waals surface area contributed by atoms with E-state index in [0.29, 0.717) is 6.42 Å². The number of aliphatic carboxylic acids is 1. The van der Waals surface area contributed by atoms with E-state index in [9.17, 15) is 9.59 Å². The number of aliphatic hydroxyl groups excluding tert-OH is 1. The van der Waals surface area contributed by atoms with Crippen molar-refractivity contribution in [2.24, 2.45) is 5.41 Å². The van der Waals surface area contributed by atoms with Gasteiger partial charge >= 0.3 is 11.9 Å². The molecule has 0 saturated heterocycles. The molecule has 0 heterocycles. The first-order valence-electron chi connectivity index (χ1n) is 4.46. The van der Waals surface area contributed by atoms with Crippen LogP contribution in [0.5, 0.6) is 0 Å². The maximum Gasteiger partial charge on any atom is 0.312 e. The monoisotopic (exact) mass is 204 g/mol. The third kappa shape index (κ3) is 3.74. The lowest BCUT2D eigenvalue weighted by Gasteiger charge is -2.23. The maximum absolute atomic E-state index is 11.4. The minimum absolute atomic E-state index is 0.0892. The van der Waals surface area contributed by atoms with Gasteiger partial charge in [-0.3, -0.25) is 9.59 Å². The number of carbonyl (C=O) groups is 2. The van der Waals surface area contributed by atoms with Crippen molar-refractivity contribution >= 4 is 11.9 Å². The van der Waals surface area contributed by atoms with Crippen LogP contribution < -0.4 is 0 Å². The van der Waals surface area contributed by atoms with Crippen LogP contribution in [0.15, 0.2) is 0 Å². The summed E-state index contributed by atoms with van der Waals surface area (Å²) < 4.78 is 4.70. The van der Waals surface area contributed by atoms with E-state index in [4.69, 9.17) is 14.9 Å². The summed E-state index contributed by atoms with van der Waals surface area (Å²) >= 11 is 0. The van der Waals surface area contributed by atoms with E-state index in [1.54, 1.807) is 13.8 Å². The highest BCUT2D eigenvalue weighted by Crippen LogP contribution is 2.27. The van der Waals surface area contributed by atoms with E-state index in [-0.39, 0.29) is 19.6 Å². The standard InChI is InChI=1S/C9H16O5/c1-3-9(2,6-7(11)12)8(13)14-5-4-10/h10H,3-6H2,1-2H3,(H,11,12). The van der Waals surface area contributed by atoms with Crippen LogP contribution in [0.2, 0.25) is 0 Å². The van der Waals surface area contributed by atoms with E-state index < -0.39 is 17.4 Å². The van der Waals surface area contributed by atoms with Crippen molar-refractivity contribution in [3.05, 3.63) is 0 Å². The molecule has 0 saturated carbocycles. The van der Waals surface area contributed by atoms with Crippen LogP contribution in [0.25, 0.3) is 0 Å². The van der Waals surface area contributed by atoms with Gasteiger partial charge in [-0.15, -0.1) is 0 Å². The van der Waals surface area contributed by atoms with Crippen molar-refractivity contribution in [2.75, 3.05) is 13.2 Å². The Bertz CT molecular complexity index is 213. The number of hydrogen-bond acceptors (Lipinski definition) is 4. The number of aliphatic hydroxyl groups is 1. The molecule has 14 heavy (non-hydrogen) atoms. The molecule has 0 aliphatic rings. The molecule has 0 radical (unpaired) electrons. The summed E-state index contributed by atoms with van der Waals surface area (Å²) in [6, 6.07) is 0. The van der Waals surface area contributed by atoms with Crippen LogP contribution in [0.3, 0.4) is 0 Å². The first-order valence-corrected chi connectivity index (χ1v) is 4.46. The number of rotatable bonds is 6. The van der Waals surface area contributed by atoms with E-state index in [1.807, 2.05) is 0 Å². The van der Waals surface area contributed by atoms with Gasteiger partial charge < -0.3 is 14.9 Å². The quantitative estimate of drug-likeness (QED) is 0.612. The van der Waals surface area contributed by atoms with E-state index >= 15 is 0 Å². The van der Waals surface area contributed by atoms with Crippen LogP contribution in [0, 0.1) is 5.41 Å². The van der Waals surface area contributed by atoms with Gasteiger partial charge in [-0.2, -0.15) is 0 Å². The van der Waals surface area contributed by atoms with E-state index in [2.05, 4.69) is 0 Å². The molecule has 5 heteroatoms. The molecular formula is C9H16O5. The number of carboxylic acid groups (broad SMARTS) is 1. The molecule has 0 aromatic carbocycles. The molecule has 0 aliphatic heterocycles. The number of ether oxygens (including phenoxy) is 1. The third-order valence-electron chi connectivity index (χ3n) is 2.14. The second-order valence-electron chi connectivity index (χ2n) is 3.34. The zero-order chi connectivity index (χ0) is 11.2. The fraction of sp³-hybridized carbons (Fsp3) is 0.778. The van der Waals surface area contributed by atoms with Gasteiger partial charge in [-0.25, -0.2) is 0 Å². The summed E-state index contributed by atoms with van der Waals surface area (Å²) in [5, 5.41) is 17.0. The third-order valence-corrected chi connectivity index (χ3v) is 2.14. The van der Waals surface area contributed by atoms with Gasteiger partial charge in [0.1, 0.15) is 6.61 Å². The first-order chi connectivity index (χ1) is 6.46. The van der Waals surface area contributed by atoms with Crippen LogP contribution >= 0.6 is 0 Å². The topological polar surface area (TPSA) is 83.8 Å². The average molecular weight is 204 g/mol. The summed E-state index contributed by atoms with van der Waals surface area (Å²) in [6.07, 6.45) is 0.136. The number of hydrogen-bond donors (Lipinski definition) is 2. The lowest BCUT2D eigenvalue weighted by atomic mass is 9.84. The Kier molecular flexibility index (Phi) is 5.15. The summed E-state index contributed by atoms with van der Waals surface area (Å²) in [6.45, 7) is 2.93. The Morgan fingerprint density at radius 1 is 1.43 bits per heavy atom. The van der Waals surface area contributed by atoms with Gasteiger partial charge in [0.05, 0.1) is 18.4 Å². The highest BCUT2D eigenvalue weighted by atomic mass is 16.5. The highest BCUT2D eigenvalue weighted by Gasteiger charge is 2.35. The Morgan fingerprint density at radius 2 is 2.00 bits per heavy atom. The molecule has 0 aromatic rings. The zero-order valence-electron chi connectivity index (χ0n) is 8.45. The van der Waals surface area contributed by atoms with Gasteiger partial charge in [-0.1, -0.05) is 6.92 Å². The molecule has 0 rings (SSSR count). The van der Waals surface area contributed by atoms with E-state index in [0.717, 1.165) is 0 Å². The second-order valence-corrected chi connectivity index (χ2v) is 3.34. The van der Waals surface area contributed by atoms with Crippen LogP contribution in [-0.2, 0) is 14.3 Å². The molecule has 0 amide bonds. The molecule has 2 N–H and O–H groups in total. The predicted octanol–water partition coefficient (Wildman–Crippen LogP) is 0.413. The summed E-state index contributed by atoms with van der Waals surface area (Å²) in [5.41, 5.74) is -0.999. The normalized spacial score (nSPS) is 14.5. The molecule has 1 atom stereocenters. The van der Waals surface area contributed by atoms with Crippen molar-refractivity contribution in [2.45, 2.75) is 26.7 Å². The number of esters is 1. The molecule has 0 aromatic heterocycles. The molecule has 5 nitrogen and oxygen atoms in total. The largest absolute Gasteiger partial charge is 0.481 e.